The molecule has 0 aliphatic heterocycles. The number of anilines is 3. The van der Waals surface area contributed by atoms with E-state index in [1.54, 1.807) is 6.92 Å². The minimum Gasteiger partial charge on any atom is -0.330 e. The highest BCUT2D eigenvalue weighted by Gasteiger charge is 2.18. The van der Waals surface area contributed by atoms with E-state index in [9.17, 15) is 14.9 Å². The third kappa shape index (κ3) is 5.27. The summed E-state index contributed by atoms with van der Waals surface area (Å²) in [4.78, 5) is 22.5. The molecule has 0 saturated carbocycles. The van der Waals surface area contributed by atoms with Gasteiger partial charge in [-0.25, -0.2) is 0 Å². The van der Waals surface area contributed by atoms with Crippen LogP contribution in [-0.4, -0.2) is 26.3 Å². The Kier molecular flexibility index (Phi) is 6.22. The number of benzene rings is 2. The molecule has 1 amide bonds. The molecule has 0 spiro atoms. The topological polar surface area (TPSA) is 110 Å². The number of nitro benzene ring substituents is 1. The molecule has 0 saturated heterocycles. The van der Waals surface area contributed by atoms with Crippen LogP contribution in [0.4, 0.5) is 22.2 Å². The monoisotopic (exact) mass is 415 g/mol. The van der Waals surface area contributed by atoms with E-state index < -0.39 is 10.2 Å². The van der Waals surface area contributed by atoms with Gasteiger partial charge in [-0.15, -0.1) is 10.2 Å². The first kappa shape index (κ1) is 19.8. The van der Waals surface area contributed by atoms with Crippen molar-refractivity contribution >= 4 is 51.2 Å². The van der Waals surface area contributed by atoms with Gasteiger partial charge in [0, 0.05) is 23.5 Å². The van der Waals surface area contributed by atoms with Crippen LogP contribution in [0.1, 0.15) is 12.5 Å². The Morgan fingerprint density at radius 2 is 1.75 bits per heavy atom. The Morgan fingerprint density at radius 3 is 2.39 bits per heavy atom. The van der Waals surface area contributed by atoms with Crippen LogP contribution in [0.5, 0.6) is 0 Å². The molecule has 0 radical (unpaired) electrons. The Labute approximate surface area is 169 Å². The van der Waals surface area contributed by atoms with E-state index in [2.05, 4.69) is 20.8 Å². The lowest BCUT2D eigenvalue weighted by Gasteiger charge is -2.10. The van der Waals surface area contributed by atoms with Crippen molar-refractivity contribution in [3.8, 4) is 0 Å². The molecule has 1 aromatic heterocycles. The number of hydrogen-bond donors (Lipinski definition) is 2. The summed E-state index contributed by atoms with van der Waals surface area (Å²) in [6.07, 6.45) is 0. The molecule has 1 unspecified atom stereocenters. The quantitative estimate of drug-likeness (QED) is 0.329. The van der Waals surface area contributed by atoms with Gasteiger partial charge in [0.1, 0.15) is 0 Å². The Balaban J connectivity index is 1.55. The van der Waals surface area contributed by atoms with Crippen LogP contribution < -0.4 is 10.6 Å². The maximum Gasteiger partial charge on any atom is 0.269 e. The van der Waals surface area contributed by atoms with Crippen LogP contribution in [0.2, 0.25) is 0 Å². The molecule has 28 heavy (non-hydrogen) atoms. The molecule has 144 valence electrons. The first-order valence-corrected chi connectivity index (χ1v) is 9.99. The minimum atomic E-state index is -0.484. The highest BCUT2D eigenvalue weighted by Crippen LogP contribution is 2.31. The van der Waals surface area contributed by atoms with Crippen LogP contribution in [0.15, 0.2) is 52.9 Å². The van der Waals surface area contributed by atoms with Crippen LogP contribution in [-0.2, 0) is 4.79 Å². The zero-order chi connectivity index (χ0) is 20.1. The predicted molar refractivity (Wildman–Crippen MR) is 111 cm³/mol. The molecule has 2 aromatic carbocycles. The van der Waals surface area contributed by atoms with Crippen molar-refractivity contribution in [2.45, 2.75) is 23.4 Å². The van der Waals surface area contributed by atoms with Gasteiger partial charge in [-0.3, -0.25) is 14.9 Å². The van der Waals surface area contributed by atoms with Gasteiger partial charge in [0.2, 0.25) is 11.0 Å². The van der Waals surface area contributed by atoms with Gasteiger partial charge < -0.3 is 10.6 Å². The third-order valence-electron chi connectivity index (χ3n) is 3.70. The number of rotatable bonds is 7. The fraction of sp³-hybridized carbons (Fsp3) is 0.167. The molecule has 3 aromatic rings. The summed E-state index contributed by atoms with van der Waals surface area (Å²) in [6, 6.07) is 13.6. The number of nitrogens with one attached hydrogen (secondary N) is 2. The predicted octanol–water partition coefficient (Wildman–Crippen LogP) is 4.62. The number of aromatic nitrogens is 2. The smallest absolute Gasteiger partial charge is 0.269 e. The molecule has 0 aliphatic rings. The second kappa shape index (κ2) is 8.81. The molecule has 0 bridgehead atoms. The van der Waals surface area contributed by atoms with E-state index in [-0.39, 0.29) is 11.6 Å². The Bertz CT molecular complexity index is 974. The highest BCUT2D eigenvalue weighted by atomic mass is 32.2. The van der Waals surface area contributed by atoms with E-state index in [0.717, 1.165) is 5.69 Å². The Morgan fingerprint density at radius 1 is 1.11 bits per heavy atom. The van der Waals surface area contributed by atoms with E-state index in [0.29, 0.717) is 15.2 Å². The average Bonchev–Trinajstić information content (AvgIpc) is 3.10. The molecule has 2 N–H and O–H groups in total. The van der Waals surface area contributed by atoms with Gasteiger partial charge >= 0.3 is 0 Å². The number of non-ortho nitro benzene ring substituents is 1. The number of carbonyl (C=O) groups is 1. The molecule has 1 atom stereocenters. The molecule has 3 rings (SSSR count). The summed E-state index contributed by atoms with van der Waals surface area (Å²) in [5.74, 6) is -0.220. The largest absolute Gasteiger partial charge is 0.330 e. The lowest BCUT2D eigenvalue weighted by atomic mass is 10.2. The molecule has 1 heterocycles. The minimum absolute atomic E-state index is 0.0251. The lowest BCUT2D eigenvalue weighted by Crippen LogP contribution is -2.22. The summed E-state index contributed by atoms with van der Waals surface area (Å²) >= 11 is 2.66. The fourth-order valence-electron chi connectivity index (χ4n) is 2.18. The van der Waals surface area contributed by atoms with Crippen molar-refractivity contribution in [3.63, 3.8) is 0 Å². The van der Waals surface area contributed by atoms with Crippen LogP contribution in [0, 0.1) is 17.0 Å². The lowest BCUT2D eigenvalue weighted by molar-refractivity contribution is -0.384. The molecule has 0 fully saturated rings. The number of amides is 1. The fourth-order valence-corrected chi connectivity index (χ4v) is 4.10. The second-order valence-electron chi connectivity index (χ2n) is 5.92. The van der Waals surface area contributed by atoms with E-state index in [1.165, 1.54) is 52.9 Å². The van der Waals surface area contributed by atoms with Gasteiger partial charge in [-0.05, 0) is 38.1 Å². The van der Waals surface area contributed by atoms with Gasteiger partial charge in [0.25, 0.3) is 5.69 Å². The summed E-state index contributed by atoms with van der Waals surface area (Å²) in [5, 5.41) is 25.0. The van der Waals surface area contributed by atoms with Gasteiger partial charge in [-0.2, -0.15) is 0 Å². The average molecular weight is 416 g/mol. The van der Waals surface area contributed by atoms with Crippen LogP contribution >= 0.6 is 23.1 Å². The zero-order valence-electron chi connectivity index (χ0n) is 15.1. The van der Waals surface area contributed by atoms with Crippen molar-refractivity contribution in [2.24, 2.45) is 0 Å². The highest BCUT2D eigenvalue weighted by molar-refractivity contribution is 8.02. The van der Waals surface area contributed by atoms with Gasteiger partial charge in [0.15, 0.2) is 4.34 Å². The number of nitro groups is 1. The second-order valence-corrected chi connectivity index (χ2v) is 8.48. The zero-order valence-corrected chi connectivity index (χ0v) is 16.7. The van der Waals surface area contributed by atoms with E-state index in [1.807, 2.05) is 31.2 Å². The first-order chi connectivity index (χ1) is 13.4. The maximum absolute atomic E-state index is 12.3. The number of thioether (sulfide) groups is 1. The standard InChI is InChI=1S/C18H17N5O3S2/c1-11-3-5-14(6-4-11)20-17-21-22-18(28-17)27-12(2)16(24)19-13-7-9-15(10-8-13)23(25)26/h3-10,12H,1-2H3,(H,19,24)(H,20,21). The van der Waals surface area contributed by atoms with Crippen molar-refractivity contribution in [1.82, 2.24) is 10.2 Å². The number of aryl methyl sites for hydroxylation is 1. The van der Waals surface area contributed by atoms with Crippen molar-refractivity contribution < 1.29 is 9.72 Å². The van der Waals surface area contributed by atoms with Crippen molar-refractivity contribution in [1.29, 1.82) is 0 Å². The maximum atomic E-state index is 12.3. The normalized spacial score (nSPS) is 11.6. The van der Waals surface area contributed by atoms with Gasteiger partial charge in [0.05, 0.1) is 10.2 Å². The third-order valence-corrected chi connectivity index (χ3v) is 5.72. The molecule has 8 nitrogen and oxygen atoms in total. The van der Waals surface area contributed by atoms with Gasteiger partial charge in [-0.1, -0.05) is 40.8 Å². The molecule has 0 aliphatic carbocycles. The number of nitrogens with zero attached hydrogens (tertiary/aromatic N) is 3. The number of hydrogen-bond acceptors (Lipinski definition) is 8. The summed E-state index contributed by atoms with van der Waals surface area (Å²) in [6.45, 7) is 3.78. The summed E-state index contributed by atoms with van der Waals surface area (Å²) in [5.41, 5.74) is 2.57. The molecule has 10 heteroatoms. The van der Waals surface area contributed by atoms with Crippen molar-refractivity contribution in [2.75, 3.05) is 10.6 Å². The summed E-state index contributed by atoms with van der Waals surface area (Å²) < 4.78 is 0.668. The first-order valence-electron chi connectivity index (χ1n) is 8.30. The van der Waals surface area contributed by atoms with Crippen LogP contribution in [0.25, 0.3) is 0 Å². The van der Waals surface area contributed by atoms with Crippen LogP contribution in [0.3, 0.4) is 0 Å². The molecular weight excluding hydrogens is 398 g/mol. The number of carbonyl (C=O) groups excluding carboxylic acids is 1. The van der Waals surface area contributed by atoms with Crippen molar-refractivity contribution in [3.05, 3.63) is 64.2 Å². The SMILES string of the molecule is Cc1ccc(Nc2nnc(SC(C)C(=O)Nc3ccc([N+](=O)[O-])cc3)s2)cc1. The van der Waals surface area contributed by atoms with E-state index in [4.69, 9.17) is 0 Å². The Hall–Kier alpha value is -2.98. The summed E-state index contributed by atoms with van der Waals surface area (Å²) in [7, 11) is 0. The molecular formula is C18H17N5O3S2. The van der Waals surface area contributed by atoms with E-state index >= 15 is 0 Å².